The molecule has 19 heavy (non-hydrogen) atoms. The third-order valence-corrected chi connectivity index (χ3v) is 5.54. The Balaban J connectivity index is 2.62. The van der Waals surface area contributed by atoms with Crippen molar-refractivity contribution in [2.24, 2.45) is 0 Å². The van der Waals surface area contributed by atoms with Gasteiger partial charge in [0, 0.05) is 24.4 Å². The molecule has 0 spiro atoms. The van der Waals surface area contributed by atoms with Gasteiger partial charge in [0.15, 0.2) is 0 Å². The highest BCUT2D eigenvalue weighted by Crippen LogP contribution is 2.22. The first-order valence-corrected chi connectivity index (χ1v) is 9.55. The summed E-state index contributed by atoms with van der Waals surface area (Å²) in [7, 11) is -2.83. The zero-order valence-electron chi connectivity index (χ0n) is 12.9. The third kappa shape index (κ3) is 5.40. The number of sulfone groups is 1. The predicted octanol–water partition coefficient (Wildman–Crippen LogP) is 1.66. The summed E-state index contributed by atoms with van der Waals surface area (Å²) in [5, 5.41) is 3.70. The minimum absolute atomic E-state index is 0.204. The van der Waals surface area contributed by atoms with Crippen LogP contribution in [-0.2, 0) is 9.84 Å². The third-order valence-electron chi connectivity index (χ3n) is 4.51. The van der Waals surface area contributed by atoms with Gasteiger partial charge in [-0.05, 0) is 45.7 Å². The average molecular weight is 290 g/mol. The molecule has 1 aliphatic rings. The second kappa shape index (κ2) is 7.04. The topological polar surface area (TPSA) is 49.4 Å². The fraction of sp³-hybridized carbons (Fsp3) is 1.00. The molecule has 0 aromatic carbocycles. The maximum Gasteiger partial charge on any atom is 0.147 e. The highest BCUT2D eigenvalue weighted by atomic mass is 32.2. The maximum absolute atomic E-state index is 11.2. The van der Waals surface area contributed by atoms with Crippen LogP contribution in [0.25, 0.3) is 0 Å². The van der Waals surface area contributed by atoms with Crippen molar-refractivity contribution in [3.63, 3.8) is 0 Å². The van der Waals surface area contributed by atoms with Crippen molar-refractivity contribution < 1.29 is 8.42 Å². The number of rotatable bonds is 6. The molecule has 1 unspecified atom stereocenters. The Hall–Kier alpha value is -0.130. The van der Waals surface area contributed by atoms with Crippen LogP contribution in [0.4, 0.5) is 0 Å². The SMILES string of the molecule is CCC1(CC)CN(CCCS(C)(=O)=O)C(C)CCN1. The van der Waals surface area contributed by atoms with Crippen LogP contribution in [0.5, 0.6) is 0 Å². The largest absolute Gasteiger partial charge is 0.310 e. The highest BCUT2D eigenvalue weighted by molar-refractivity contribution is 7.90. The van der Waals surface area contributed by atoms with E-state index < -0.39 is 9.84 Å². The van der Waals surface area contributed by atoms with Gasteiger partial charge in [0.25, 0.3) is 0 Å². The van der Waals surface area contributed by atoms with Gasteiger partial charge in [-0.1, -0.05) is 13.8 Å². The number of nitrogens with zero attached hydrogens (tertiary/aromatic N) is 1. The van der Waals surface area contributed by atoms with E-state index in [1.165, 1.54) is 6.26 Å². The summed E-state index contributed by atoms with van der Waals surface area (Å²) < 4.78 is 22.5. The van der Waals surface area contributed by atoms with Crippen molar-refractivity contribution in [2.45, 2.75) is 58.0 Å². The van der Waals surface area contributed by atoms with Crippen molar-refractivity contribution in [3.8, 4) is 0 Å². The van der Waals surface area contributed by atoms with Gasteiger partial charge >= 0.3 is 0 Å². The molecular formula is C14H30N2O2S. The van der Waals surface area contributed by atoms with E-state index in [9.17, 15) is 8.42 Å². The summed E-state index contributed by atoms with van der Waals surface area (Å²) in [6, 6.07) is 0.534. The van der Waals surface area contributed by atoms with E-state index in [1.54, 1.807) is 0 Å². The fourth-order valence-electron chi connectivity index (χ4n) is 2.88. The summed E-state index contributed by atoms with van der Waals surface area (Å²) in [6.07, 6.45) is 5.45. The molecule has 1 N–H and O–H groups in total. The van der Waals surface area contributed by atoms with Gasteiger partial charge < -0.3 is 5.32 Å². The second-order valence-electron chi connectivity index (χ2n) is 6.01. The van der Waals surface area contributed by atoms with Crippen LogP contribution in [0.2, 0.25) is 0 Å². The summed E-state index contributed by atoms with van der Waals surface area (Å²) in [5.74, 6) is 0.300. The Morgan fingerprint density at radius 3 is 2.47 bits per heavy atom. The lowest BCUT2D eigenvalue weighted by molar-refractivity contribution is 0.160. The lowest BCUT2D eigenvalue weighted by Crippen LogP contribution is -2.51. The molecule has 4 nitrogen and oxygen atoms in total. The van der Waals surface area contributed by atoms with Gasteiger partial charge in [-0.15, -0.1) is 0 Å². The van der Waals surface area contributed by atoms with Crippen LogP contribution >= 0.6 is 0 Å². The van der Waals surface area contributed by atoms with E-state index in [2.05, 4.69) is 31.0 Å². The molecular weight excluding hydrogens is 260 g/mol. The quantitative estimate of drug-likeness (QED) is 0.808. The van der Waals surface area contributed by atoms with Gasteiger partial charge in [-0.3, -0.25) is 4.90 Å². The lowest BCUT2D eigenvalue weighted by Gasteiger charge is -2.37. The highest BCUT2D eigenvalue weighted by Gasteiger charge is 2.32. The van der Waals surface area contributed by atoms with Crippen molar-refractivity contribution >= 4 is 9.84 Å². The smallest absolute Gasteiger partial charge is 0.147 e. The van der Waals surface area contributed by atoms with Gasteiger partial charge in [0.05, 0.1) is 5.75 Å². The molecule has 1 atom stereocenters. The Morgan fingerprint density at radius 1 is 1.32 bits per heavy atom. The Labute approximate surface area is 118 Å². The molecule has 0 saturated carbocycles. The van der Waals surface area contributed by atoms with Crippen LogP contribution in [-0.4, -0.2) is 56.5 Å². The fourth-order valence-corrected chi connectivity index (χ4v) is 3.54. The molecule has 0 radical (unpaired) electrons. The van der Waals surface area contributed by atoms with E-state index in [1.807, 2.05) is 0 Å². The van der Waals surface area contributed by atoms with Crippen LogP contribution < -0.4 is 5.32 Å². The Kier molecular flexibility index (Phi) is 6.27. The normalized spacial score (nSPS) is 25.2. The average Bonchev–Trinajstić information content (AvgIpc) is 2.49. The first-order chi connectivity index (χ1) is 8.82. The minimum Gasteiger partial charge on any atom is -0.310 e. The monoisotopic (exact) mass is 290 g/mol. The standard InChI is InChI=1S/C14H30N2O2S/c1-5-14(6-2)12-16(13(3)8-9-15-14)10-7-11-19(4,17)18/h13,15H,5-12H2,1-4H3. The predicted molar refractivity (Wildman–Crippen MR) is 81.3 cm³/mol. The summed E-state index contributed by atoms with van der Waals surface area (Å²) >= 11 is 0. The van der Waals surface area contributed by atoms with Crippen LogP contribution in [0.3, 0.4) is 0 Å². The molecule has 0 amide bonds. The summed E-state index contributed by atoms with van der Waals surface area (Å²) in [5.41, 5.74) is 0.204. The number of nitrogens with one attached hydrogen (secondary N) is 1. The second-order valence-corrected chi connectivity index (χ2v) is 8.27. The van der Waals surface area contributed by atoms with Crippen LogP contribution in [0.1, 0.15) is 46.5 Å². The van der Waals surface area contributed by atoms with Gasteiger partial charge in [-0.25, -0.2) is 8.42 Å². The number of hydrogen-bond donors (Lipinski definition) is 1. The van der Waals surface area contributed by atoms with Gasteiger partial charge in [0.2, 0.25) is 0 Å². The lowest BCUT2D eigenvalue weighted by atomic mass is 9.92. The van der Waals surface area contributed by atoms with E-state index in [0.717, 1.165) is 45.3 Å². The molecule has 5 heteroatoms. The molecule has 0 bridgehead atoms. The molecule has 0 aromatic heterocycles. The molecule has 1 saturated heterocycles. The van der Waals surface area contributed by atoms with Crippen molar-refractivity contribution in [2.75, 3.05) is 31.6 Å². The van der Waals surface area contributed by atoms with E-state index in [0.29, 0.717) is 11.8 Å². The maximum atomic E-state index is 11.2. The Morgan fingerprint density at radius 2 is 1.95 bits per heavy atom. The molecule has 1 heterocycles. The molecule has 1 fully saturated rings. The van der Waals surface area contributed by atoms with E-state index in [-0.39, 0.29) is 5.54 Å². The van der Waals surface area contributed by atoms with Crippen molar-refractivity contribution in [1.82, 2.24) is 10.2 Å². The van der Waals surface area contributed by atoms with Crippen molar-refractivity contribution in [3.05, 3.63) is 0 Å². The van der Waals surface area contributed by atoms with Crippen molar-refractivity contribution in [1.29, 1.82) is 0 Å². The summed E-state index contributed by atoms with van der Waals surface area (Å²) in [6.45, 7) is 9.71. The first kappa shape index (κ1) is 16.9. The summed E-state index contributed by atoms with van der Waals surface area (Å²) in [4.78, 5) is 2.47. The minimum atomic E-state index is -2.83. The zero-order chi connectivity index (χ0) is 14.5. The zero-order valence-corrected chi connectivity index (χ0v) is 13.7. The van der Waals surface area contributed by atoms with Crippen LogP contribution in [0, 0.1) is 0 Å². The van der Waals surface area contributed by atoms with Gasteiger partial charge in [-0.2, -0.15) is 0 Å². The Bertz CT molecular complexity index is 364. The van der Waals surface area contributed by atoms with E-state index >= 15 is 0 Å². The first-order valence-electron chi connectivity index (χ1n) is 7.48. The molecule has 0 aliphatic carbocycles. The molecule has 0 aromatic rings. The van der Waals surface area contributed by atoms with E-state index in [4.69, 9.17) is 0 Å². The molecule has 1 aliphatic heterocycles. The van der Waals surface area contributed by atoms with Gasteiger partial charge in [0.1, 0.15) is 9.84 Å². The molecule has 114 valence electrons. The van der Waals surface area contributed by atoms with Crippen LogP contribution in [0.15, 0.2) is 0 Å². The number of hydrogen-bond acceptors (Lipinski definition) is 4. The molecule has 1 rings (SSSR count).